The predicted molar refractivity (Wildman–Crippen MR) is 69.8 cm³/mol. The molecular weight excluding hydrogens is 246 g/mol. The number of aliphatic hydroxyl groups excluding tert-OH is 1. The molecule has 0 aromatic carbocycles. The van der Waals surface area contributed by atoms with Gasteiger partial charge in [-0.15, -0.1) is 0 Å². The van der Waals surface area contributed by atoms with Gasteiger partial charge in [-0.05, 0) is 44.4 Å². The maximum atomic E-state index is 11.4. The van der Waals surface area contributed by atoms with Gasteiger partial charge in [-0.1, -0.05) is 0 Å². The molecular formula is C14H21NO4. The van der Waals surface area contributed by atoms with E-state index in [1.165, 1.54) is 7.11 Å². The molecule has 0 bridgehead atoms. The Kier molecular flexibility index (Phi) is 4.61. The minimum absolute atomic E-state index is 0.141. The van der Waals surface area contributed by atoms with Crippen LogP contribution in [0, 0.1) is 5.92 Å². The summed E-state index contributed by atoms with van der Waals surface area (Å²) in [5.74, 6) is 1.14. The maximum Gasteiger partial charge on any atom is 0.373 e. The summed E-state index contributed by atoms with van der Waals surface area (Å²) in [6, 6.07) is 3.62. The third kappa shape index (κ3) is 3.16. The highest BCUT2D eigenvalue weighted by Crippen LogP contribution is 2.29. The van der Waals surface area contributed by atoms with Crippen LogP contribution in [-0.4, -0.2) is 42.8 Å². The van der Waals surface area contributed by atoms with Crippen LogP contribution in [0.25, 0.3) is 0 Å². The van der Waals surface area contributed by atoms with E-state index in [1.807, 2.05) is 6.07 Å². The molecule has 0 saturated carbocycles. The zero-order valence-corrected chi connectivity index (χ0v) is 11.5. The van der Waals surface area contributed by atoms with Gasteiger partial charge in [0, 0.05) is 13.2 Å². The Morgan fingerprint density at radius 1 is 1.63 bits per heavy atom. The second-order valence-corrected chi connectivity index (χ2v) is 5.03. The van der Waals surface area contributed by atoms with Crippen molar-refractivity contribution in [3.63, 3.8) is 0 Å². The number of aliphatic hydroxyl groups is 1. The highest BCUT2D eigenvalue weighted by molar-refractivity contribution is 5.86. The minimum Gasteiger partial charge on any atom is -0.463 e. The number of methoxy groups -OCH3 is 1. The van der Waals surface area contributed by atoms with Gasteiger partial charge in [-0.25, -0.2) is 4.79 Å². The Balaban J connectivity index is 1.98. The van der Waals surface area contributed by atoms with E-state index in [0.717, 1.165) is 31.7 Å². The van der Waals surface area contributed by atoms with Gasteiger partial charge >= 0.3 is 5.97 Å². The van der Waals surface area contributed by atoms with E-state index in [9.17, 15) is 4.79 Å². The fraction of sp³-hybridized carbons (Fsp3) is 0.643. The van der Waals surface area contributed by atoms with Gasteiger partial charge in [0.25, 0.3) is 0 Å². The van der Waals surface area contributed by atoms with Crippen LogP contribution in [0.15, 0.2) is 16.5 Å². The quantitative estimate of drug-likeness (QED) is 0.825. The van der Waals surface area contributed by atoms with E-state index >= 15 is 0 Å². The molecule has 1 aromatic heterocycles. The van der Waals surface area contributed by atoms with Crippen LogP contribution in [0.5, 0.6) is 0 Å². The molecule has 1 aliphatic heterocycles. The third-order valence-corrected chi connectivity index (χ3v) is 3.83. The van der Waals surface area contributed by atoms with E-state index in [-0.39, 0.29) is 18.4 Å². The molecule has 19 heavy (non-hydrogen) atoms. The highest BCUT2D eigenvalue weighted by Gasteiger charge is 2.28. The second kappa shape index (κ2) is 6.21. The molecule has 2 unspecified atom stereocenters. The number of hydrogen-bond acceptors (Lipinski definition) is 5. The van der Waals surface area contributed by atoms with Crippen molar-refractivity contribution in [3.8, 4) is 0 Å². The summed E-state index contributed by atoms with van der Waals surface area (Å²) in [5, 5.41) is 8.97. The van der Waals surface area contributed by atoms with Crippen molar-refractivity contribution in [2.45, 2.75) is 25.8 Å². The van der Waals surface area contributed by atoms with Crippen LogP contribution in [0.4, 0.5) is 0 Å². The molecule has 2 atom stereocenters. The summed E-state index contributed by atoms with van der Waals surface area (Å²) in [6.45, 7) is 4.29. The summed E-state index contributed by atoms with van der Waals surface area (Å²) in [6.07, 6.45) is 1.96. The molecule has 0 radical (unpaired) electrons. The minimum atomic E-state index is -0.446. The Morgan fingerprint density at radius 2 is 2.42 bits per heavy atom. The SMILES string of the molecule is COC(=O)c1ccc(C(C)N2CCC(CCO)C2)o1. The lowest BCUT2D eigenvalue weighted by molar-refractivity contribution is 0.0559. The molecule has 2 heterocycles. The summed E-state index contributed by atoms with van der Waals surface area (Å²) in [5.41, 5.74) is 0. The average molecular weight is 267 g/mol. The van der Waals surface area contributed by atoms with Gasteiger partial charge < -0.3 is 14.3 Å². The molecule has 0 amide bonds. The van der Waals surface area contributed by atoms with Crippen LogP contribution >= 0.6 is 0 Å². The lowest BCUT2D eigenvalue weighted by Gasteiger charge is -2.22. The number of furan rings is 1. The first-order valence-electron chi connectivity index (χ1n) is 6.68. The van der Waals surface area contributed by atoms with E-state index in [2.05, 4.69) is 16.6 Å². The summed E-state index contributed by atoms with van der Waals surface area (Å²) >= 11 is 0. The number of carbonyl (C=O) groups is 1. The van der Waals surface area contributed by atoms with Crippen molar-refractivity contribution in [1.82, 2.24) is 4.90 Å². The Bertz CT molecular complexity index is 429. The predicted octanol–water partition coefficient (Wildman–Crippen LogP) is 1.83. The number of rotatable bonds is 5. The van der Waals surface area contributed by atoms with Crippen molar-refractivity contribution in [2.24, 2.45) is 5.92 Å². The first kappa shape index (κ1) is 14.1. The Morgan fingerprint density at radius 3 is 3.11 bits per heavy atom. The zero-order chi connectivity index (χ0) is 13.8. The van der Waals surface area contributed by atoms with E-state index < -0.39 is 5.97 Å². The number of hydrogen-bond donors (Lipinski definition) is 1. The normalized spacial score (nSPS) is 21.5. The molecule has 0 aliphatic carbocycles. The fourth-order valence-electron chi connectivity index (χ4n) is 2.60. The third-order valence-electron chi connectivity index (χ3n) is 3.83. The Hall–Kier alpha value is -1.33. The molecule has 2 rings (SSSR count). The molecule has 1 saturated heterocycles. The summed E-state index contributed by atoms with van der Waals surface area (Å²) < 4.78 is 10.2. The molecule has 5 heteroatoms. The highest BCUT2D eigenvalue weighted by atomic mass is 16.5. The van der Waals surface area contributed by atoms with Crippen molar-refractivity contribution < 1.29 is 19.1 Å². The van der Waals surface area contributed by atoms with E-state index in [1.54, 1.807) is 6.07 Å². The molecule has 1 fully saturated rings. The van der Waals surface area contributed by atoms with Gasteiger partial charge in [0.2, 0.25) is 5.76 Å². The molecule has 1 aromatic rings. The second-order valence-electron chi connectivity index (χ2n) is 5.03. The first-order chi connectivity index (χ1) is 9.15. The topological polar surface area (TPSA) is 62.9 Å². The number of ether oxygens (including phenoxy) is 1. The molecule has 1 N–H and O–H groups in total. The standard InChI is InChI=1S/C14H21NO4/c1-10(15-7-5-11(9-15)6-8-16)12-3-4-13(19-12)14(17)18-2/h3-4,10-11,16H,5-9H2,1-2H3. The molecule has 1 aliphatic rings. The fourth-order valence-corrected chi connectivity index (χ4v) is 2.60. The zero-order valence-electron chi connectivity index (χ0n) is 11.5. The van der Waals surface area contributed by atoms with Gasteiger partial charge in [-0.3, -0.25) is 4.90 Å². The van der Waals surface area contributed by atoms with E-state index in [4.69, 9.17) is 9.52 Å². The number of carbonyl (C=O) groups excluding carboxylic acids is 1. The molecule has 0 spiro atoms. The lowest BCUT2D eigenvalue weighted by Crippen LogP contribution is -2.24. The van der Waals surface area contributed by atoms with Crippen LogP contribution in [0.1, 0.15) is 42.1 Å². The van der Waals surface area contributed by atoms with Crippen molar-refractivity contribution >= 4 is 5.97 Å². The van der Waals surface area contributed by atoms with Gasteiger partial charge in [-0.2, -0.15) is 0 Å². The summed E-state index contributed by atoms with van der Waals surface area (Å²) in [4.78, 5) is 13.7. The number of esters is 1. The van der Waals surface area contributed by atoms with Crippen LogP contribution in [0.3, 0.4) is 0 Å². The molecule has 5 nitrogen and oxygen atoms in total. The molecule has 106 valence electrons. The summed E-state index contributed by atoms with van der Waals surface area (Å²) in [7, 11) is 1.34. The largest absolute Gasteiger partial charge is 0.463 e. The number of nitrogens with zero attached hydrogens (tertiary/aromatic N) is 1. The van der Waals surface area contributed by atoms with Gasteiger partial charge in [0.05, 0.1) is 13.2 Å². The van der Waals surface area contributed by atoms with Crippen LogP contribution in [-0.2, 0) is 4.74 Å². The maximum absolute atomic E-state index is 11.4. The van der Waals surface area contributed by atoms with Crippen LogP contribution < -0.4 is 0 Å². The van der Waals surface area contributed by atoms with Crippen molar-refractivity contribution in [1.29, 1.82) is 0 Å². The first-order valence-corrected chi connectivity index (χ1v) is 6.68. The van der Waals surface area contributed by atoms with Gasteiger partial charge in [0.1, 0.15) is 5.76 Å². The smallest absolute Gasteiger partial charge is 0.373 e. The van der Waals surface area contributed by atoms with Crippen LogP contribution in [0.2, 0.25) is 0 Å². The van der Waals surface area contributed by atoms with Crippen molar-refractivity contribution in [3.05, 3.63) is 23.7 Å². The monoisotopic (exact) mass is 267 g/mol. The Labute approximate surface area is 113 Å². The van der Waals surface area contributed by atoms with Crippen molar-refractivity contribution in [2.75, 3.05) is 26.8 Å². The average Bonchev–Trinajstić information content (AvgIpc) is 3.06. The lowest BCUT2D eigenvalue weighted by atomic mass is 10.1. The van der Waals surface area contributed by atoms with E-state index in [0.29, 0.717) is 5.92 Å². The number of likely N-dealkylation sites (tertiary alicyclic amines) is 1. The van der Waals surface area contributed by atoms with Gasteiger partial charge in [0.15, 0.2) is 0 Å².